The quantitative estimate of drug-likeness (QED) is 0.248. The highest BCUT2D eigenvalue weighted by molar-refractivity contribution is 6.30. The van der Waals surface area contributed by atoms with Gasteiger partial charge in [-0.05, 0) is 0 Å². The van der Waals surface area contributed by atoms with Gasteiger partial charge in [-0.25, -0.2) is 19.0 Å². The molecule has 2 aromatic carbocycles. The molecule has 4 heterocycles. The van der Waals surface area contributed by atoms with Crippen molar-refractivity contribution in [1.29, 1.82) is 0 Å². The Morgan fingerprint density at radius 1 is 0.750 bits per heavy atom. The number of benzene rings is 2. The summed E-state index contributed by atoms with van der Waals surface area (Å²) in [6.07, 6.45) is 3.75. The smallest absolute Gasteiger partial charge is 0.167 e. The van der Waals surface area contributed by atoms with E-state index in [0.717, 1.165) is 28.8 Å². The molecule has 0 amide bonds. The Morgan fingerprint density at radius 2 is 1.25 bits per heavy atom. The average Bonchev–Trinajstić information content (AvgIpc) is 3.54. The van der Waals surface area contributed by atoms with Gasteiger partial charge in [0.15, 0.2) is 17.6 Å². The van der Waals surface area contributed by atoms with Crippen molar-refractivity contribution in [3.63, 3.8) is 0 Å². The number of nitrogens with zero attached hydrogens (tertiary/aromatic N) is 6. The van der Waals surface area contributed by atoms with E-state index in [2.05, 4.69) is 20.2 Å². The molecule has 6 rings (SSSR count). The highest BCUT2D eigenvalue weighted by atomic mass is 35.5. The third-order valence-electron chi connectivity index (χ3n) is 5.39. The van der Waals surface area contributed by atoms with Gasteiger partial charge in [0.05, 0.1) is 36.0 Å². The SMILES string of the molecule is O=Cc1cnn2c(Cl)cc(-c3ccccc3)nc12.OCc1cnn2c(Cl)cc(-c3ccccc3)nc12. The molecule has 0 atom stereocenters. The molecule has 36 heavy (non-hydrogen) atoms. The van der Waals surface area contributed by atoms with E-state index in [9.17, 15) is 9.90 Å². The molecule has 0 radical (unpaired) electrons. The minimum Gasteiger partial charge on any atom is -0.391 e. The molecular formula is C26H18Cl2N6O2. The Balaban J connectivity index is 0.000000148. The van der Waals surface area contributed by atoms with Crippen LogP contribution in [-0.4, -0.2) is 40.6 Å². The van der Waals surface area contributed by atoms with Gasteiger partial charge in [0.2, 0.25) is 0 Å². The minimum atomic E-state index is -0.106. The van der Waals surface area contributed by atoms with Crippen LogP contribution in [0, 0.1) is 0 Å². The predicted octanol–water partition coefficient (Wildman–Crippen LogP) is 5.40. The molecular weight excluding hydrogens is 499 g/mol. The Morgan fingerprint density at radius 3 is 1.78 bits per heavy atom. The predicted molar refractivity (Wildman–Crippen MR) is 138 cm³/mol. The molecule has 0 saturated carbocycles. The molecule has 0 bridgehead atoms. The summed E-state index contributed by atoms with van der Waals surface area (Å²) in [5, 5.41) is 18.2. The summed E-state index contributed by atoms with van der Waals surface area (Å²) in [5.41, 5.74) is 5.55. The summed E-state index contributed by atoms with van der Waals surface area (Å²) in [4.78, 5) is 19.8. The lowest BCUT2D eigenvalue weighted by atomic mass is 10.1. The second-order valence-electron chi connectivity index (χ2n) is 7.68. The van der Waals surface area contributed by atoms with Gasteiger partial charge in [-0.2, -0.15) is 10.2 Å². The number of aliphatic hydroxyl groups excluding tert-OH is 1. The number of carbonyl (C=O) groups excluding carboxylic acids is 1. The van der Waals surface area contributed by atoms with Crippen molar-refractivity contribution in [2.45, 2.75) is 6.61 Å². The fourth-order valence-electron chi connectivity index (χ4n) is 3.62. The van der Waals surface area contributed by atoms with E-state index in [1.54, 1.807) is 18.3 Å². The standard InChI is InChI=1S/C13H10ClN3O.C13H8ClN3O/c2*14-12-6-11(9-4-2-1-3-5-9)16-13-10(8-18)7-15-17(12)13/h1-7,18H,8H2;1-8H. The van der Waals surface area contributed by atoms with Crippen LogP contribution in [0.1, 0.15) is 15.9 Å². The van der Waals surface area contributed by atoms with Gasteiger partial charge in [-0.1, -0.05) is 83.9 Å². The molecule has 4 aromatic heterocycles. The van der Waals surface area contributed by atoms with E-state index >= 15 is 0 Å². The lowest BCUT2D eigenvalue weighted by Gasteiger charge is -2.04. The van der Waals surface area contributed by atoms with Gasteiger partial charge in [0.25, 0.3) is 0 Å². The molecule has 6 aromatic rings. The lowest BCUT2D eigenvalue weighted by Crippen LogP contribution is -1.96. The summed E-state index contributed by atoms with van der Waals surface area (Å²) in [6.45, 7) is -0.106. The second kappa shape index (κ2) is 10.2. The van der Waals surface area contributed by atoms with Crippen molar-refractivity contribution in [2.75, 3.05) is 0 Å². The minimum absolute atomic E-state index is 0.106. The van der Waals surface area contributed by atoms with Gasteiger partial charge in [-0.3, -0.25) is 4.79 Å². The highest BCUT2D eigenvalue weighted by Crippen LogP contribution is 2.24. The molecule has 10 heteroatoms. The van der Waals surface area contributed by atoms with Crippen molar-refractivity contribution in [2.24, 2.45) is 0 Å². The fourth-order valence-corrected chi connectivity index (χ4v) is 4.08. The largest absolute Gasteiger partial charge is 0.391 e. The maximum absolute atomic E-state index is 10.9. The Hall–Kier alpha value is -4.11. The van der Waals surface area contributed by atoms with Crippen LogP contribution in [0.5, 0.6) is 0 Å². The van der Waals surface area contributed by atoms with E-state index < -0.39 is 0 Å². The van der Waals surface area contributed by atoms with Crippen LogP contribution in [-0.2, 0) is 6.61 Å². The summed E-state index contributed by atoms with van der Waals surface area (Å²) in [5.74, 6) is 0. The second-order valence-corrected chi connectivity index (χ2v) is 8.45. The molecule has 178 valence electrons. The van der Waals surface area contributed by atoms with E-state index in [4.69, 9.17) is 23.2 Å². The molecule has 0 aliphatic rings. The van der Waals surface area contributed by atoms with Crippen LogP contribution in [0.2, 0.25) is 10.3 Å². The number of halogens is 2. The van der Waals surface area contributed by atoms with Gasteiger partial charge in [-0.15, -0.1) is 0 Å². The Labute approximate surface area is 215 Å². The van der Waals surface area contributed by atoms with Gasteiger partial charge in [0.1, 0.15) is 10.3 Å². The maximum atomic E-state index is 10.9. The van der Waals surface area contributed by atoms with Crippen molar-refractivity contribution in [3.8, 4) is 22.5 Å². The normalized spacial score (nSPS) is 10.9. The van der Waals surface area contributed by atoms with Crippen LogP contribution >= 0.6 is 23.2 Å². The van der Waals surface area contributed by atoms with E-state index in [-0.39, 0.29) is 6.61 Å². The lowest BCUT2D eigenvalue weighted by molar-refractivity contribution is 0.112. The summed E-state index contributed by atoms with van der Waals surface area (Å²) < 4.78 is 2.96. The zero-order valence-electron chi connectivity index (χ0n) is 18.7. The number of rotatable bonds is 4. The monoisotopic (exact) mass is 516 g/mol. The molecule has 8 nitrogen and oxygen atoms in total. The van der Waals surface area contributed by atoms with E-state index in [0.29, 0.717) is 32.7 Å². The first-order chi connectivity index (χ1) is 17.6. The average molecular weight is 517 g/mol. The van der Waals surface area contributed by atoms with Gasteiger partial charge >= 0.3 is 0 Å². The molecule has 0 saturated heterocycles. The molecule has 0 aliphatic carbocycles. The topological polar surface area (TPSA) is 97.7 Å². The van der Waals surface area contributed by atoms with E-state index in [1.165, 1.54) is 15.2 Å². The zero-order chi connectivity index (χ0) is 25.1. The fraction of sp³-hybridized carbons (Fsp3) is 0.0385. The molecule has 0 fully saturated rings. The first-order valence-electron chi connectivity index (χ1n) is 10.8. The number of aliphatic hydroxyl groups is 1. The van der Waals surface area contributed by atoms with Crippen molar-refractivity contribution in [1.82, 2.24) is 29.2 Å². The van der Waals surface area contributed by atoms with Crippen LogP contribution in [0.4, 0.5) is 0 Å². The Bertz CT molecular complexity index is 1670. The highest BCUT2D eigenvalue weighted by Gasteiger charge is 2.12. The van der Waals surface area contributed by atoms with Crippen molar-refractivity contribution >= 4 is 40.8 Å². The number of hydrogen-bond donors (Lipinski definition) is 1. The number of hydrogen-bond acceptors (Lipinski definition) is 6. The third-order valence-corrected chi connectivity index (χ3v) is 5.93. The van der Waals surface area contributed by atoms with E-state index in [1.807, 2.05) is 60.7 Å². The maximum Gasteiger partial charge on any atom is 0.167 e. The summed E-state index contributed by atoms with van der Waals surface area (Å²) in [7, 11) is 0. The van der Waals surface area contributed by atoms with Crippen LogP contribution in [0.3, 0.4) is 0 Å². The van der Waals surface area contributed by atoms with Crippen LogP contribution < -0.4 is 0 Å². The van der Waals surface area contributed by atoms with Gasteiger partial charge in [0, 0.05) is 28.8 Å². The molecule has 0 aliphatic heterocycles. The zero-order valence-corrected chi connectivity index (χ0v) is 20.2. The molecule has 0 spiro atoms. The van der Waals surface area contributed by atoms with Crippen molar-refractivity contribution < 1.29 is 9.90 Å². The summed E-state index contributed by atoms with van der Waals surface area (Å²) in [6, 6.07) is 22.9. The number of carbonyl (C=O) groups is 1. The molecule has 0 unspecified atom stereocenters. The number of aromatic nitrogens is 6. The summed E-state index contributed by atoms with van der Waals surface area (Å²) >= 11 is 12.3. The number of aldehydes is 1. The van der Waals surface area contributed by atoms with Crippen LogP contribution in [0.25, 0.3) is 33.8 Å². The van der Waals surface area contributed by atoms with Crippen LogP contribution in [0.15, 0.2) is 85.2 Å². The molecule has 1 N–H and O–H groups in total. The number of fused-ring (bicyclic) bond motifs is 2. The first-order valence-corrected chi connectivity index (χ1v) is 11.6. The first kappa shape index (κ1) is 23.6. The Kier molecular flexibility index (Phi) is 6.73. The third kappa shape index (κ3) is 4.57. The van der Waals surface area contributed by atoms with Crippen molar-refractivity contribution in [3.05, 3.63) is 107 Å². The van der Waals surface area contributed by atoms with Gasteiger partial charge < -0.3 is 5.11 Å².